The molecule has 0 aliphatic heterocycles. The number of nitrogens with zero attached hydrogens (tertiary/aromatic N) is 2. The lowest BCUT2D eigenvalue weighted by Gasteiger charge is -2.26. The first-order chi connectivity index (χ1) is 21.9. The summed E-state index contributed by atoms with van der Waals surface area (Å²) in [5, 5.41) is 0. The van der Waals surface area contributed by atoms with Gasteiger partial charge in [0.25, 0.3) is 0 Å². The van der Waals surface area contributed by atoms with Crippen LogP contribution in [-0.4, -0.2) is 0 Å². The second-order valence-electron chi connectivity index (χ2n) is 13.2. The van der Waals surface area contributed by atoms with Gasteiger partial charge in [-0.05, 0) is 113 Å². The van der Waals surface area contributed by atoms with Gasteiger partial charge in [0.05, 0.1) is 0 Å². The third kappa shape index (κ3) is 4.56. The maximum atomic E-state index is 2.38. The maximum absolute atomic E-state index is 2.38. The minimum Gasteiger partial charge on any atom is -0.310 e. The normalized spacial score (nSPS) is 16.8. The lowest BCUT2D eigenvalue weighted by Crippen LogP contribution is -2.10. The molecule has 2 aliphatic rings. The number of benzene rings is 6. The SMILES string of the molecule is CCC1(C)c2ccc(N(c3ccccc3)c3ccc(-c4ccc(N(c5ccccc5)c5ccc6c(c5)C6(C)C)cc4)cc3)cc21. The summed E-state index contributed by atoms with van der Waals surface area (Å²) in [6.07, 6.45) is 1.14. The first-order valence-electron chi connectivity index (χ1n) is 16.1. The predicted octanol–water partition coefficient (Wildman–Crippen LogP) is 12.0. The van der Waals surface area contributed by atoms with Crippen LogP contribution in [0.15, 0.2) is 146 Å². The molecule has 0 saturated heterocycles. The van der Waals surface area contributed by atoms with Gasteiger partial charge < -0.3 is 9.80 Å². The Morgan fingerprint density at radius 1 is 0.400 bits per heavy atom. The molecule has 220 valence electrons. The Morgan fingerprint density at radius 3 is 1.24 bits per heavy atom. The quantitative estimate of drug-likeness (QED) is 0.176. The molecule has 45 heavy (non-hydrogen) atoms. The number of hydrogen-bond acceptors (Lipinski definition) is 2. The van der Waals surface area contributed by atoms with Crippen molar-refractivity contribution >= 4 is 34.1 Å². The summed E-state index contributed by atoms with van der Waals surface area (Å²) in [5.74, 6) is 0. The lowest BCUT2D eigenvalue weighted by atomic mass is 10.0. The Labute approximate surface area is 267 Å². The molecule has 0 N–H and O–H groups in total. The molecule has 0 spiro atoms. The number of para-hydroxylation sites is 2. The van der Waals surface area contributed by atoms with Crippen LogP contribution in [-0.2, 0) is 10.8 Å². The molecule has 6 aromatic rings. The molecule has 0 saturated carbocycles. The zero-order valence-electron chi connectivity index (χ0n) is 26.5. The van der Waals surface area contributed by atoms with Crippen LogP contribution in [0.4, 0.5) is 34.1 Å². The molecule has 1 unspecified atom stereocenters. The molecule has 2 nitrogen and oxygen atoms in total. The summed E-state index contributed by atoms with van der Waals surface area (Å²) in [7, 11) is 0. The van der Waals surface area contributed by atoms with E-state index in [-0.39, 0.29) is 10.8 Å². The summed E-state index contributed by atoms with van der Waals surface area (Å²) >= 11 is 0. The molecular formula is C43H38N2. The van der Waals surface area contributed by atoms with Crippen molar-refractivity contribution in [2.45, 2.75) is 44.9 Å². The molecule has 0 radical (unpaired) electrons. The molecule has 0 bridgehead atoms. The van der Waals surface area contributed by atoms with Gasteiger partial charge in [-0.3, -0.25) is 0 Å². The summed E-state index contributed by atoms with van der Waals surface area (Å²) in [6, 6.07) is 53.2. The number of fused-ring (bicyclic) bond motifs is 2. The molecule has 1 atom stereocenters. The summed E-state index contributed by atoms with van der Waals surface area (Å²) < 4.78 is 0. The fourth-order valence-electron chi connectivity index (χ4n) is 7.10. The first-order valence-corrected chi connectivity index (χ1v) is 16.1. The highest BCUT2D eigenvalue weighted by molar-refractivity contribution is 5.83. The number of rotatable bonds is 8. The molecule has 2 heteroatoms. The van der Waals surface area contributed by atoms with E-state index in [2.05, 4.69) is 183 Å². The van der Waals surface area contributed by atoms with Gasteiger partial charge in [0.2, 0.25) is 0 Å². The Kier molecular flexibility index (Phi) is 6.25. The molecule has 6 aromatic carbocycles. The summed E-state index contributed by atoms with van der Waals surface area (Å²) in [6.45, 7) is 9.25. The predicted molar refractivity (Wildman–Crippen MR) is 190 cm³/mol. The van der Waals surface area contributed by atoms with Gasteiger partial charge in [0, 0.05) is 45.0 Å². The molecule has 2 aliphatic carbocycles. The summed E-state index contributed by atoms with van der Waals surface area (Å²) in [5.41, 5.74) is 15.7. The van der Waals surface area contributed by atoms with E-state index in [1.54, 1.807) is 0 Å². The van der Waals surface area contributed by atoms with E-state index >= 15 is 0 Å². The molecule has 0 fully saturated rings. The highest BCUT2D eigenvalue weighted by Crippen LogP contribution is 2.54. The summed E-state index contributed by atoms with van der Waals surface area (Å²) in [4.78, 5) is 4.72. The van der Waals surface area contributed by atoms with Gasteiger partial charge in [-0.25, -0.2) is 0 Å². The van der Waals surface area contributed by atoms with Crippen LogP contribution >= 0.6 is 0 Å². The van der Waals surface area contributed by atoms with E-state index in [9.17, 15) is 0 Å². The molecule has 8 rings (SSSR count). The maximum Gasteiger partial charge on any atom is 0.0464 e. The number of anilines is 6. The van der Waals surface area contributed by atoms with Crippen LogP contribution < -0.4 is 9.80 Å². The highest BCUT2D eigenvalue weighted by Gasteiger charge is 2.44. The first kappa shape index (κ1) is 27.5. The van der Waals surface area contributed by atoms with Crippen LogP contribution in [0.2, 0.25) is 0 Å². The fourth-order valence-corrected chi connectivity index (χ4v) is 7.10. The van der Waals surface area contributed by atoms with Gasteiger partial charge in [-0.2, -0.15) is 0 Å². The van der Waals surface area contributed by atoms with E-state index in [0.29, 0.717) is 0 Å². The topological polar surface area (TPSA) is 6.48 Å². The van der Waals surface area contributed by atoms with E-state index in [1.807, 2.05) is 0 Å². The van der Waals surface area contributed by atoms with Crippen molar-refractivity contribution in [1.82, 2.24) is 0 Å². The van der Waals surface area contributed by atoms with Crippen LogP contribution in [0.1, 0.15) is 56.4 Å². The fraction of sp³-hybridized carbons (Fsp3) is 0.163. The van der Waals surface area contributed by atoms with Crippen molar-refractivity contribution in [3.05, 3.63) is 168 Å². The smallest absolute Gasteiger partial charge is 0.0464 e. The van der Waals surface area contributed by atoms with Gasteiger partial charge in [-0.1, -0.05) is 100 Å². The monoisotopic (exact) mass is 582 g/mol. The molecule has 0 amide bonds. The van der Waals surface area contributed by atoms with Gasteiger partial charge in [0.1, 0.15) is 0 Å². The van der Waals surface area contributed by atoms with Crippen molar-refractivity contribution in [1.29, 1.82) is 0 Å². The van der Waals surface area contributed by atoms with Gasteiger partial charge in [-0.15, -0.1) is 0 Å². The third-order valence-electron chi connectivity index (χ3n) is 10.3. The van der Waals surface area contributed by atoms with Crippen LogP contribution in [0, 0.1) is 0 Å². The van der Waals surface area contributed by atoms with Crippen LogP contribution in [0.25, 0.3) is 11.1 Å². The molecular weight excluding hydrogens is 544 g/mol. The molecule has 0 heterocycles. The zero-order valence-corrected chi connectivity index (χ0v) is 26.5. The minimum absolute atomic E-state index is 0.185. The van der Waals surface area contributed by atoms with E-state index in [0.717, 1.165) is 29.2 Å². The standard InChI is InChI=1S/C43H38N2/c1-5-43(4)39-27-25-37(29-41(39)43)45(33-14-10-7-11-15-33)35-22-18-31(19-23-35)30-16-20-34(21-17-30)44(32-12-8-6-9-13-32)36-24-26-38-40(28-36)42(38,2)3/h6-29H,5H2,1-4H3. The highest BCUT2D eigenvalue weighted by atomic mass is 15.1. The van der Waals surface area contributed by atoms with Crippen molar-refractivity contribution in [2.24, 2.45) is 0 Å². The van der Waals surface area contributed by atoms with E-state index in [4.69, 9.17) is 0 Å². The Balaban J connectivity index is 1.10. The third-order valence-corrected chi connectivity index (χ3v) is 10.3. The second-order valence-corrected chi connectivity index (χ2v) is 13.2. The van der Waals surface area contributed by atoms with Crippen molar-refractivity contribution in [3.63, 3.8) is 0 Å². The van der Waals surface area contributed by atoms with Crippen molar-refractivity contribution in [3.8, 4) is 11.1 Å². The average Bonchev–Trinajstić information content (AvgIpc) is 3.89. The molecule has 0 aromatic heterocycles. The van der Waals surface area contributed by atoms with Gasteiger partial charge >= 0.3 is 0 Å². The second kappa shape index (κ2) is 10.2. The van der Waals surface area contributed by atoms with Crippen LogP contribution in [0.3, 0.4) is 0 Å². The van der Waals surface area contributed by atoms with Crippen molar-refractivity contribution in [2.75, 3.05) is 9.80 Å². The lowest BCUT2D eigenvalue weighted by molar-refractivity contribution is 0.668. The average molecular weight is 583 g/mol. The van der Waals surface area contributed by atoms with E-state index < -0.39 is 0 Å². The van der Waals surface area contributed by atoms with E-state index in [1.165, 1.54) is 44.8 Å². The Bertz CT molecular complexity index is 2010. The largest absolute Gasteiger partial charge is 0.310 e. The van der Waals surface area contributed by atoms with Crippen LogP contribution in [0.5, 0.6) is 0 Å². The van der Waals surface area contributed by atoms with Gasteiger partial charge in [0.15, 0.2) is 0 Å². The zero-order chi connectivity index (χ0) is 30.8. The van der Waals surface area contributed by atoms with Crippen molar-refractivity contribution < 1.29 is 0 Å². The Morgan fingerprint density at radius 2 is 0.800 bits per heavy atom. The Hall–Kier alpha value is -5.08. The minimum atomic E-state index is 0.185. The number of hydrogen-bond donors (Lipinski definition) is 0.